The largest absolute Gasteiger partial charge is 0.493 e. The Morgan fingerprint density at radius 1 is 0.750 bits per heavy atom. The first-order chi connectivity index (χ1) is 38.7. The summed E-state index contributed by atoms with van der Waals surface area (Å²) in [5.74, 6) is 0.505. The molecule has 17 nitrogen and oxygen atoms in total. The number of methoxy groups -OCH3 is 2. The number of hydrogen-bond acceptors (Lipinski definition) is 14. The van der Waals surface area contributed by atoms with Crippen molar-refractivity contribution in [2.24, 2.45) is 4.99 Å². The van der Waals surface area contributed by atoms with Crippen molar-refractivity contribution in [3.8, 4) is 17.2 Å². The summed E-state index contributed by atoms with van der Waals surface area (Å²) < 4.78 is 35.7. The zero-order valence-corrected chi connectivity index (χ0v) is 47.2. The van der Waals surface area contributed by atoms with Crippen LogP contribution < -0.4 is 34.2 Å². The highest BCUT2D eigenvalue weighted by Crippen LogP contribution is 2.43. The molecule has 5 aromatic rings. The quantitative estimate of drug-likeness (QED) is 0.0462. The lowest BCUT2D eigenvalue weighted by molar-refractivity contribution is -0.138. The lowest BCUT2D eigenvalue weighted by Crippen LogP contribution is -2.41. The fourth-order valence-electron chi connectivity index (χ4n) is 11.5. The lowest BCUT2D eigenvalue weighted by atomic mass is 9.98. The van der Waals surface area contributed by atoms with E-state index in [0.717, 1.165) is 64.1 Å². The maximum Gasteiger partial charge on any atom is 0.261 e. The molecule has 18 heteroatoms. The topological polar surface area (TPSA) is 178 Å². The number of carbonyl (C=O) groups excluding carboxylic acids is 5. The molecule has 5 aliphatic heterocycles. The number of likely N-dealkylation sites (tertiary alicyclic amines) is 1. The summed E-state index contributed by atoms with van der Waals surface area (Å²) in [7, 11) is 4.71. The fraction of sp³-hybridized carbons (Fsp3) is 0.419. The summed E-state index contributed by atoms with van der Waals surface area (Å²) in [6.45, 7) is 9.36. The van der Waals surface area contributed by atoms with E-state index in [-0.39, 0.29) is 74.2 Å². The molecule has 0 aromatic heterocycles. The van der Waals surface area contributed by atoms with Crippen LogP contribution in [0, 0.1) is 6.92 Å². The van der Waals surface area contributed by atoms with Gasteiger partial charge in [-0.3, -0.25) is 38.8 Å². The minimum Gasteiger partial charge on any atom is -0.493 e. The number of thioether (sulfide) groups is 1. The van der Waals surface area contributed by atoms with Gasteiger partial charge in [-0.25, -0.2) is 0 Å². The van der Waals surface area contributed by atoms with E-state index in [9.17, 15) is 24.0 Å². The molecular weight excluding hydrogens is 1040 g/mol. The monoisotopic (exact) mass is 1110 g/mol. The number of hydrogen-bond donors (Lipinski definition) is 1. The van der Waals surface area contributed by atoms with Crippen LogP contribution >= 0.6 is 11.8 Å². The number of anilines is 3. The number of fused-ring (bicyclic) bond motifs is 8. The molecule has 10 rings (SSSR count). The Hall–Kier alpha value is -7.25. The molecular formula is C62H70N6O11S. The standard InChI is InChI=1S/C62H70N6O11S/c1-39-25-48-42(15-16-45-29-43-11-7-9-13-51(43)67(45)59(48)71)31-53(39)78-36-40-26-41(37-79-55-33-50-49(32-54(55)75-6)60(72)68-47(35-64-50)30-44-12-8-10-14-52(44)68)28-46(27-40)65(19-20-76-23-24-77-22-21-74-5)38-62(2,3)80-56-34-58(70)66(61(56)73)18-17-57(69)63-4/h7-14,25-28,31-33,35,45,47,56H,15-24,29-30,34,36-38H2,1-6H3,(H,63,69)/t45-,47+,56?/m1/s1. The average molecular weight is 1110 g/mol. The molecule has 0 radical (unpaired) electrons. The van der Waals surface area contributed by atoms with Crippen molar-refractivity contribution in [2.45, 2.75) is 94.6 Å². The van der Waals surface area contributed by atoms with Gasteiger partial charge < -0.3 is 43.5 Å². The second kappa shape index (κ2) is 24.6. The Morgan fingerprint density at radius 2 is 1.43 bits per heavy atom. The second-order valence-electron chi connectivity index (χ2n) is 21.5. The van der Waals surface area contributed by atoms with E-state index < -0.39 is 10.00 Å². The number of aryl methyl sites for hydroxylation is 2. The predicted octanol–water partition coefficient (Wildman–Crippen LogP) is 8.23. The average Bonchev–Trinajstić information content (AvgIpc) is 4.10. The van der Waals surface area contributed by atoms with Crippen LogP contribution in [0.2, 0.25) is 0 Å². The van der Waals surface area contributed by atoms with E-state index in [1.54, 1.807) is 31.3 Å². The van der Waals surface area contributed by atoms with Crippen molar-refractivity contribution >= 4 is 70.3 Å². The van der Waals surface area contributed by atoms with Gasteiger partial charge in [0.25, 0.3) is 11.8 Å². The molecule has 1 fully saturated rings. The third kappa shape index (κ3) is 12.2. The minimum absolute atomic E-state index is 0.0149. The molecule has 0 aliphatic carbocycles. The number of aliphatic imine (C=N–C) groups is 1. The summed E-state index contributed by atoms with van der Waals surface area (Å²) in [4.78, 5) is 79.6. The predicted molar refractivity (Wildman–Crippen MR) is 308 cm³/mol. The molecule has 5 aromatic carbocycles. The van der Waals surface area contributed by atoms with Gasteiger partial charge in [-0.2, -0.15) is 0 Å². The van der Waals surface area contributed by atoms with Gasteiger partial charge in [0.2, 0.25) is 17.7 Å². The Bertz CT molecular complexity index is 3200. The van der Waals surface area contributed by atoms with Crippen molar-refractivity contribution in [3.63, 3.8) is 0 Å². The number of amides is 5. The molecule has 5 amide bonds. The van der Waals surface area contributed by atoms with E-state index in [4.69, 9.17) is 33.4 Å². The SMILES string of the molecule is CNC(=O)CCN1C(=O)CC(SC(C)(C)CN(CCOCCOCCOC)c2cc(COc3cc4c(cc3C)C(=O)N3c5ccccc5C[C@H]3CC4)cc(COc3cc4c(cc3OC)C(=O)N3c5ccccc5C[C@H]3C=N4)c2)C1=O. The van der Waals surface area contributed by atoms with Gasteiger partial charge >= 0.3 is 0 Å². The zero-order chi connectivity index (χ0) is 56.1. The molecule has 420 valence electrons. The van der Waals surface area contributed by atoms with Crippen LogP contribution in [0.5, 0.6) is 17.2 Å². The van der Waals surface area contributed by atoms with E-state index in [0.29, 0.717) is 86.6 Å². The Kier molecular flexibility index (Phi) is 17.3. The lowest BCUT2D eigenvalue weighted by Gasteiger charge is -2.35. The molecule has 5 aliphatic rings. The molecule has 0 bridgehead atoms. The number of nitrogens with one attached hydrogen (secondary N) is 1. The van der Waals surface area contributed by atoms with Crippen LogP contribution in [-0.2, 0) is 61.1 Å². The molecule has 0 spiro atoms. The number of ether oxygens (including phenoxy) is 6. The van der Waals surface area contributed by atoms with E-state index in [1.165, 1.54) is 29.3 Å². The summed E-state index contributed by atoms with van der Waals surface area (Å²) in [5.41, 5.74) is 10.1. The zero-order valence-electron chi connectivity index (χ0n) is 46.4. The summed E-state index contributed by atoms with van der Waals surface area (Å²) in [6, 6.07) is 29.6. The van der Waals surface area contributed by atoms with Gasteiger partial charge in [0.1, 0.15) is 19.0 Å². The van der Waals surface area contributed by atoms with Crippen molar-refractivity contribution in [3.05, 3.63) is 136 Å². The maximum atomic E-state index is 14.3. The number of carbonyl (C=O) groups is 5. The number of para-hydroxylation sites is 2. The van der Waals surface area contributed by atoms with Gasteiger partial charge in [0.15, 0.2) is 11.5 Å². The van der Waals surface area contributed by atoms with Crippen LogP contribution in [0.25, 0.3) is 0 Å². The summed E-state index contributed by atoms with van der Waals surface area (Å²) in [6.07, 6.45) is 4.99. The van der Waals surface area contributed by atoms with Crippen molar-refractivity contribution in [1.82, 2.24) is 10.2 Å². The molecule has 1 unspecified atom stereocenters. The van der Waals surface area contributed by atoms with Crippen LogP contribution in [0.3, 0.4) is 0 Å². The first kappa shape index (κ1) is 56.0. The van der Waals surface area contributed by atoms with Gasteiger partial charge in [-0.1, -0.05) is 36.4 Å². The van der Waals surface area contributed by atoms with Crippen LogP contribution in [-0.4, -0.2) is 137 Å². The number of rotatable bonds is 24. The highest BCUT2D eigenvalue weighted by atomic mass is 32.2. The Balaban J connectivity index is 0.941. The van der Waals surface area contributed by atoms with Gasteiger partial charge in [0.05, 0.1) is 62.7 Å². The smallest absolute Gasteiger partial charge is 0.261 e. The highest BCUT2D eigenvalue weighted by molar-refractivity contribution is 8.02. The third-order valence-corrected chi connectivity index (χ3v) is 16.8. The van der Waals surface area contributed by atoms with Gasteiger partial charge in [-0.15, -0.1) is 11.8 Å². The highest BCUT2D eigenvalue weighted by Gasteiger charge is 2.43. The van der Waals surface area contributed by atoms with E-state index in [1.807, 2.05) is 78.7 Å². The molecule has 1 N–H and O–H groups in total. The molecule has 3 atom stereocenters. The van der Waals surface area contributed by atoms with E-state index in [2.05, 4.69) is 42.3 Å². The van der Waals surface area contributed by atoms with Crippen molar-refractivity contribution < 1.29 is 52.4 Å². The van der Waals surface area contributed by atoms with Crippen LogP contribution in [0.4, 0.5) is 22.7 Å². The number of imide groups is 1. The van der Waals surface area contributed by atoms with E-state index >= 15 is 0 Å². The van der Waals surface area contributed by atoms with Gasteiger partial charge in [0, 0.05) is 98.7 Å². The van der Waals surface area contributed by atoms with Crippen molar-refractivity contribution in [1.29, 1.82) is 0 Å². The second-order valence-corrected chi connectivity index (χ2v) is 23.4. The number of nitrogens with zero attached hydrogens (tertiary/aromatic N) is 5. The maximum absolute atomic E-state index is 14.3. The first-order valence-corrected chi connectivity index (χ1v) is 28.3. The van der Waals surface area contributed by atoms with Crippen LogP contribution in [0.15, 0.2) is 96.0 Å². The Morgan fingerprint density at radius 3 is 2.15 bits per heavy atom. The molecule has 5 heterocycles. The number of benzene rings is 5. The molecule has 1 saturated heterocycles. The molecule has 80 heavy (non-hydrogen) atoms. The first-order valence-electron chi connectivity index (χ1n) is 27.5. The summed E-state index contributed by atoms with van der Waals surface area (Å²) >= 11 is 1.45. The Labute approximate surface area is 471 Å². The van der Waals surface area contributed by atoms with Gasteiger partial charge in [-0.05, 0) is 122 Å². The molecule has 0 saturated carbocycles. The van der Waals surface area contributed by atoms with Crippen molar-refractivity contribution in [2.75, 3.05) is 88.6 Å². The summed E-state index contributed by atoms with van der Waals surface area (Å²) in [5, 5.41) is 1.94. The fourth-order valence-corrected chi connectivity index (χ4v) is 12.9. The normalized spacial score (nSPS) is 18.0. The minimum atomic E-state index is -0.622. The third-order valence-electron chi connectivity index (χ3n) is 15.4. The van der Waals surface area contributed by atoms with Crippen LogP contribution in [0.1, 0.15) is 87.2 Å².